The number of para-hydroxylation sites is 1. The molecule has 0 spiro atoms. The summed E-state index contributed by atoms with van der Waals surface area (Å²) in [5.41, 5.74) is 2.30. The third-order valence-electron chi connectivity index (χ3n) is 5.77. The van der Waals surface area contributed by atoms with Gasteiger partial charge < -0.3 is 24.6 Å². The van der Waals surface area contributed by atoms with Crippen molar-refractivity contribution in [3.8, 4) is 0 Å². The molecule has 1 amide bonds. The van der Waals surface area contributed by atoms with Crippen LogP contribution in [0.2, 0.25) is 0 Å². The highest BCUT2D eigenvalue weighted by Crippen LogP contribution is 2.31. The number of nitrogens with one attached hydrogen (secondary N) is 3. The second-order valence-electron chi connectivity index (χ2n) is 8.04. The molecule has 1 aromatic carbocycles. The van der Waals surface area contributed by atoms with E-state index in [1.165, 1.54) is 5.39 Å². The predicted octanol–water partition coefficient (Wildman–Crippen LogP) is 0.596. The minimum atomic E-state index is -0.705. The van der Waals surface area contributed by atoms with Gasteiger partial charge in [-0.15, -0.1) is 0 Å². The SMILES string of the molecule is CCNC(O)NCCn1cc(CN(C(=O)C2CNCCO2)C2CC2)c2ccccc21. The fourth-order valence-corrected chi connectivity index (χ4v) is 4.09. The fraction of sp³-hybridized carbons (Fsp3) is 0.591. The van der Waals surface area contributed by atoms with E-state index in [1.54, 1.807) is 0 Å². The topological polar surface area (TPSA) is 90.8 Å². The number of hydrogen-bond acceptors (Lipinski definition) is 6. The Morgan fingerprint density at radius 1 is 1.37 bits per heavy atom. The number of rotatable bonds is 10. The van der Waals surface area contributed by atoms with Crippen molar-refractivity contribution in [3.05, 3.63) is 36.0 Å². The van der Waals surface area contributed by atoms with Crippen LogP contribution < -0.4 is 16.0 Å². The van der Waals surface area contributed by atoms with Crippen LogP contribution in [0.3, 0.4) is 0 Å². The normalized spacial score (nSPS) is 20.4. The summed E-state index contributed by atoms with van der Waals surface area (Å²) < 4.78 is 7.93. The molecule has 1 saturated heterocycles. The molecule has 2 aliphatic rings. The summed E-state index contributed by atoms with van der Waals surface area (Å²) in [6.07, 6.45) is 3.19. The molecule has 2 heterocycles. The summed E-state index contributed by atoms with van der Waals surface area (Å²) in [7, 11) is 0. The number of hydrogen-bond donors (Lipinski definition) is 4. The van der Waals surface area contributed by atoms with E-state index >= 15 is 0 Å². The number of fused-ring (bicyclic) bond motifs is 1. The van der Waals surface area contributed by atoms with Crippen molar-refractivity contribution < 1.29 is 14.6 Å². The smallest absolute Gasteiger partial charge is 0.253 e. The lowest BCUT2D eigenvalue weighted by Crippen LogP contribution is -2.49. The molecule has 1 aliphatic heterocycles. The number of carbonyl (C=O) groups excluding carboxylic acids is 1. The second kappa shape index (κ2) is 9.89. The van der Waals surface area contributed by atoms with Crippen LogP contribution >= 0.6 is 0 Å². The Morgan fingerprint density at radius 2 is 2.20 bits per heavy atom. The van der Waals surface area contributed by atoms with Gasteiger partial charge in [-0.05, 0) is 31.0 Å². The molecule has 164 valence electrons. The Hall–Kier alpha value is -1.97. The maximum absolute atomic E-state index is 13.1. The second-order valence-corrected chi connectivity index (χ2v) is 8.04. The zero-order valence-electron chi connectivity index (χ0n) is 17.6. The van der Waals surface area contributed by atoms with E-state index in [-0.39, 0.29) is 12.0 Å². The van der Waals surface area contributed by atoms with Crippen LogP contribution in [0.5, 0.6) is 0 Å². The van der Waals surface area contributed by atoms with Crippen molar-refractivity contribution in [2.45, 2.75) is 51.4 Å². The van der Waals surface area contributed by atoms with Crippen LogP contribution in [0.4, 0.5) is 0 Å². The maximum Gasteiger partial charge on any atom is 0.253 e. The Bertz CT molecular complexity index is 844. The summed E-state index contributed by atoms with van der Waals surface area (Å²) in [6, 6.07) is 8.63. The molecule has 0 radical (unpaired) electrons. The third kappa shape index (κ3) is 5.01. The molecule has 0 bridgehead atoms. The molecule has 2 aromatic rings. The van der Waals surface area contributed by atoms with Crippen molar-refractivity contribution in [1.29, 1.82) is 0 Å². The number of ether oxygens (including phenoxy) is 1. The zero-order chi connectivity index (χ0) is 20.9. The van der Waals surface area contributed by atoms with Gasteiger partial charge in [0, 0.05) is 55.9 Å². The van der Waals surface area contributed by atoms with E-state index < -0.39 is 6.35 Å². The van der Waals surface area contributed by atoms with Crippen molar-refractivity contribution in [1.82, 2.24) is 25.4 Å². The standard InChI is InChI=1S/C22H33N5O3/c1-2-24-22(29)25-9-11-26-14-16(18-5-3-4-6-19(18)26)15-27(17-7-8-17)21(28)20-13-23-10-12-30-20/h3-6,14,17,20,22-25,29H,2,7-13,15H2,1H3. The summed E-state index contributed by atoms with van der Waals surface area (Å²) in [5.74, 6) is 0.0944. The molecular weight excluding hydrogens is 382 g/mol. The van der Waals surface area contributed by atoms with Crippen LogP contribution in [0.1, 0.15) is 25.3 Å². The Morgan fingerprint density at radius 3 is 2.93 bits per heavy atom. The lowest BCUT2D eigenvalue weighted by atomic mass is 10.1. The molecule has 30 heavy (non-hydrogen) atoms. The van der Waals surface area contributed by atoms with Crippen molar-refractivity contribution in [2.24, 2.45) is 0 Å². The molecule has 4 rings (SSSR count). The van der Waals surface area contributed by atoms with Gasteiger partial charge >= 0.3 is 0 Å². The van der Waals surface area contributed by atoms with Crippen LogP contribution in [-0.4, -0.2) is 71.8 Å². The highest BCUT2D eigenvalue weighted by atomic mass is 16.5. The molecule has 1 aromatic heterocycles. The van der Waals surface area contributed by atoms with E-state index in [0.717, 1.165) is 37.0 Å². The lowest BCUT2D eigenvalue weighted by Gasteiger charge is -2.30. The number of carbonyl (C=O) groups is 1. The third-order valence-corrected chi connectivity index (χ3v) is 5.77. The number of amides is 1. The number of aliphatic hydroxyl groups is 1. The van der Waals surface area contributed by atoms with Gasteiger partial charge in [-0.2, -0.15) is 0 Å². The number of morpholine rings is 1. The Labute approximate surface area is 177 Å². The van der Waals surface area contributed by atoms with Gasteiger partial charge in [0.25, 0.3) is 5.91 Å². The molecular formula is C22H33N5O3. The maximum atomic E-state index is 13.1. The van der Waals surface area contributed by atoms with E-state index in [1.807, 2.05) is 24.0 Å². The molecule has 8 nitrogen and oxygen atoms in total. The highest BCUT2D eigenvalue weighted by molar-refractivity contribution is 5.86. The Balaban J connectivity index is 1.49. The largest absolute Gasteiger partial charge is 0.366 e. The predicted molar refractivity (Wildman–Crippen MR) is 116 cm³/mol. The number of aromatic nitrogens is 1. The van der Waals surface area contributed by atoms with Gasteiger partial charge in [0.2, 0.25) is 0 Å². The number of nitrogens with zero attached hydrogens (tertiary/aromatic N) is 2. The highest BCUT2D eigenvalue weighted by Gasteiger charge is 2.37. The monoisotopic (exact) mass is 415 g/mol. The summed E-state index contributed by atoms with van der Waals surface area (Å²) >= 11 is 0. The average molecular weight is 416 g/mol. The van der Waals surface area contributed by atoms with Gasteiger partial charge in [0.1, 0.15) is 6.10 Å². The quantitative estimate of drug-likeness (QED) is 0.425. The zero-order valence-corrected chi connectivity index (χ0v) is 17.6. The molecule has 2 unspecified atom stereocenters. The van der Waals surface area contributed by atoms with E-state index in [0.29, 0.717) is 38.8 Å². The van der Waals surface area contributed by atoms with E-state index in [2.05, 4.69) is 38.8 Å². The van der Waals surface area contributed by atoms with Crippen molar-refractivity contribution in [3.63, 3.8) is 0 Å². The molecule has 1 saturated carbocycles. The van der Waals surface area contributed by atoms with Gasteiger partial charge in [-0.25, -0.2) is 0 Å². The van der Waals surface area contributed by atoms with Gasteiger partial charge in [0.05, 0.1) is 6.61 Å². The van der Waals surface area contributed by atoms with Gasteiger partial charge in [0.15, 0.2) is 6.35 Å². The van der Waals surface area contributed by atoms with Crippen LogP contribution in [0.15, 0.2) is 30.5 Å². The fourth-order valence-electron chi connectivity index (χ4n) is 4.09. The van der Waals surface area contributed by atoms with Crippen LogP contribution in [0.25, 0.3) is 10.9 Å². The van der Waals surface area contributed by atoms with Crippen molar-refractivity contribution >= 4 is 16.8 Å². The first-order chi connectivity index (χ1) is 14.7. The molecule has 8 heteroatoms. The molecule has 2 fully saturated rings. The average Bonchev–Trinajstić information content (AvgIpc) is 3.55. The minimum Gasteiger partial charge on any atom is -0.366 e. The first-order valence-electron chi connectivity index (χ1n) is 11.0. The van der Waals surface area contributed by atoms with Crippen LogP contribution in [0, 0.1) is 0 Å². The van der Waals surface area contributed by atoms with E-state index in [9.17, 15) is 9.90 Å². The lowest BCUT2D eigenvalue weighted by molar-refractivity contribution is -0.146. The Kier molecular flexibility index (Phi) is 7.01. The van der Waals surface area contributed by atoms with Crippen LogP contribution in [-0.2, 0) is 22.6 Å². The minimum absolute atomic E-state index is 0.0944. The first-order valence-corrected chi connectivity index (χ1v) is 11.0. The summed E-state index contributed by atoms with van der Waals surface area (Å²) in [6.45, 7) is 6.61. The van der Waals surface area contributed by atoms with Crippen molar-refractivity contribution in [2.75, 3.05) is 32.8 Å². The molecule has 4 N–H and O–H groups in total. The molecule has 2 atom stereocenters. The van der Waals surface area contributed by atoms with Gasteiger partial charge in [-0.3, -0.25) is 15.4 Å². The van der Waals surface area contributed by atoms with Gasteiger partial charge in [-0.1, -0.05) is 25.1 Å². The number of benzene rings is 1. The molecule has 1 aliphatic carbocycles. The summed E-state index contributed by atoms with van der Waals surface area (Å²) in [4.78, 5) is 15.2. The first kappa shape index (κ1) is 21.3. The number of aliphatic hydroxyl groups excluding tert-OH is 1. The van der Waals surface area contributed by atoms with E-state index in [4.69, 9.17) is 4.74 Å². The summed E-state index contributed by atoms with van der Waals surface area (Å²) in [5, 5.41) is 20.3.